The molecule has 2 heteroatoms. The fraction of sp³-hybridized carbons (Fsp3) is 0.889. The Bertz CT molecular complexity index is 157. The van der Waals surface area contributed by atoms with Crippen molar-refractivity contribution < 1.29 is 4.79 Å². The van der Waals surface area contributed by atoms with E-state index in [2.05, 4.69) is 5.32 Å². The normalized spacial score (nSPS) is 31.3. The molecule has 1 N–H and O–H groups in total. The van der Waals surface area contributed by atoms with E-state index in [4.69, 9.17) is 0 Å². The highest BCUT2D eigenvalue weighted by Gasteiger charge is 2.36. The van der Waals surface area contributed by atoms with Crippen molar-refractivity contribution in [3.63, 3.8) is 0 Å². The molecule has 1 aliphatic rings. The second-order valence-electron chi connectivity index (χ2n) is 3.88. The van der Waals surface area contributed by atoms with Gasteiger partial charge in [0.25, 0.3) is 0 Å². The average molecular weight is 155 g/mol. The van der Waals surface area contributed by atoms with Crippen molar-refractivity contribution in [2.45, 2.75) is 39.2 Å². The summed E-state index contributed by atoms with van der Waals surface area (Å²) in [5, 5.41) is 3.26. The molecular weight excluding hydrogens is 138 g/mol. The number of rotatable bonds is 2. The van der Waals surface area contributed by atoms with Crippen LogP contribution in [0.3, 0.4) is 0 Å². The minimum absolute atomic E-state index is 0.158. The summed E-state index contributed by atoms with van der Waals surface area (Å²) < 4.78 is 0. The summed E-state index contributed by atoms with van der Waals surface area (Å²) >= 11 is 0. The summed E-state index contributed by atoms with van der Waals surface area (Å²) in [6, 6.07) is 0. The molecule has 0 amide bonds. The second-order valence-corrected chi connectivity index (χ2v) is 3.88. The standard InChI is InChI=1S/C9H17NO/c1-7(2)8(11)9(3)5-4-6-10-9/h7,10H,4-6H2,1-3H3/t9-/m0/s1. The van der Waals surface area contributed by atoms with E-state index >= 15 is 0 Å². The van der Waals surface area contributed by atoms with Gasteiger partial charge in [0.1, 0.15) is 0 Å². The zero-order valence-electron chi connectivity index (χ0n) is 7.61. The van der Waals surface area contributed by atoms with Crippen molar-refractivity contribution in [1.29, 1.82) is 0 Å². The van der Waals surface area contributed by atoms with Gasteiger partial charge in [0.2, 0.25) is 0 Å². The minimum atomic E-state index is -0.214. The first kappa shape index (κ1) is 8.72. The first-order valence-corrected chi connectivity index (χ1v) is 4.35. The molecule has 0 saturated carbocycles. The number of Topliss-reactive ketones (excluding diaryl/α,β-unsaturated/α-hetero) is 1. The zero-order valence-corrected chi connectivity index (χ0v) is 7.61. The first-order chi connectivity index (χ1) is 5.06. The van der Waals surface area contributed by atoms with Crippen LogP contribution >= 0.6 is 0 Å². The van der Waals surface area contributed by atoms with Crippen LogP contribution in [0.25, 0.3) is 0 Å². The number of ketones is 1. The van der Waals surface area contributed by atoms with Crippen molar-refractivity contribution in [1.82, 2.24) is 5.32 Å². The quantitative estimate of drug-likeness (QED) is 0.652. The van der Waals surface area contributed by atoms with Gasteiger partial charge in [-0.2, -0.15) is 0 Å². The minimum Gasteiger partial charge on any atom is -0.305 e. The summed E-state index contributed by atoms with van der Waals surface area (Å²) in [6.45, 7) is 6.94. The Morgan fingerprint density at radius 3 is 2.55 bits per heavy atom. The van der Waals surface area contributed by atoms with Crippen LogP contribution in [0.4, 0.5) is 0 Å². The van der Waals surface area contributed by atoms with Gasteiger partial charge in [-0.1, -0.05) is 13.8 Å². The molecular formula is C9H17NO. The maximum Gasteiger partial charge on any atom is 0.155 e. The van der Waals surface area contributed by atoms with E-state index < -0.39 is 0 Å². The third kappa shape index (κ3) is 1.62. The van der Waals surface area contributed by atoms with E-state index in [0.717, 1.165) is 19.4 Å². The third-order valence-corrected chi connectivity index (χ3v) is 2.44. The highest BCUT2D eigenvalue weighted by molar-refractivity contribution is 5.89. The number of hydrogen-bond acceptors (Lipinski definition) is 2. The topological polar surface area (TPSA) is 29.1 Å². The Hall–Kier alpha value is -0.370. The lowest BCUT2D eigenvalue weighted by Crippen LogP contribution is -2.46. The van der Waals surface area contributed by atoms with Gasteiger partial charge in [0, 0.05) is 5.92 Å². The fourth-order valence-electron chi connectivity index (χ4n) is 1.74. The molecule has 0 spiro atoms. The van der Waals surface area contributed by atoms with Gasteiger partial charge < -0.3 is 5.32 Å². The Kier molecular flexibility index (Phi) is 2.33. The molecule has 1 atom stereocenters. The van der Waals surface area contributed by atoms with Crippen LogP contribution in [-0.4, -0.2) is 17.9 Å². The van der Waals surface area contributed by atoms with Gasteiger partial charge in [-0.15, -0.1) is 0 Å². The smallest absolute Gasteiger partial charge is 0.155 e. The summed E-state index contributed by atoms with van der Waals surface area (Å²) in [5.74, 6) is 0.514. The van der Waals surface area contributed by atoms with Crippen LogP contribution in [0.1, 0.15) is 33.6 Å². The molecule has 1 aliphatic heterocycles. The number of hydrogen-bond donors (Lipinski definition) is 1. The summed E-state index contributed by atoms with van der Waals surface area (Å²) in [7, 11) is 0. The molecule has 2 nitrogen and oxygen atoms in total. The summed E-state index contributed by atoms with van der Waals surface area (Å²) in [6.07, 6.45) is 2.14. The van der Waals surface area contributed by atoms with Crippen molar-refractivity contribution >= 4 is 5.78 Å². The van der Waals surface area contributed by atoms with Gasteiger partial charge in [-0.05, 0) is 26.3 Å². The first-order valence-electron chi connectivity index (χ1n) is 4.35. The fourth-order valence-corrected chi connectivity index (χ4v) is 1.74. The largest absolute Gasteiger partial charge is 0.305 e. The Balaban J connectivity index is 2.64. The van der Waals surface area contributed by atoms with Gasteiger partial charge in [-0.3, -0.25) is 4.79 Å². The maximum atomic E-state index is 11.6. The van der Waals surface area contributed by atoms with Crippen LogP contribution in [0.5, 0.6) is 0 Å². The lowest BCUT2D eigenvalue weighted by molar-refractivity contribution is -0.127. The Morgan fingerprint density at radius 1 is 1.55 bits per heavy atom. The molecule has 0 aromatic rings. The van der Waals surface area contributed by atoms with Crippen molar-refractivity contribution in [3.05, 3.63) is 0 Å². The van der Waals surface area contributed by atoms with E-state index in [9.17, 15) is 4.79 Å². The highest BCUT2D eigenvalue weighted by Crippen LogP contribution is 2.22. The molecule has 0 aliphatic carbocycles. The van der Waals surface area contributed by atoms with E-state index in [0.29, 0.717) is 5.78 Å². The molecule has 0 aromatic carbocycles. The average Bonchev–Trinajstić information content (AvgIpc) is 2.35. The van der Waals surface area contributed by atoms with Crippen LogP contribution in [0.2, 0.25) is 0 Å². The van der Waals surface area contributed by atoms with E-state index in [1.54, 1.807) is 0 Å². The number of carbonyl (C=O) groups excluding carboxylic acids is 1. The molecule has 0 unspecified atom stereocenters. The summed E-state index contributed by atoms with van der Waals surface area (Å²) in [5.41, 5.74) is -0.214. The van der Waals surface area contributed by atoms with Gasteiger partial charge in [-0.25, -0.2) is 0 Å². The van der Waals surface area contributed by atoms with Crippen LogP contribution in [-0.2, 0) is 4.79 Å². The molecule has 11 heavy (non-hydrogen) atoms. The van der Waals surface area contributed by atoms with Crippen LogP contribution < -0.4 is 5.32 Å². The lowest BCUT2D eigenvalue weighted by atomic mass is 9.88. The van der Waals surface area contributed by atoms with Crippen molar-refractivity contribution in [3.8, 4) is 0 Å². The van der Waals surface area contributed by atoms with Gasteiger partial charge in [0.05, 0.1) is 5.54 Å². The molecule has 1 saturated heterocycles. The SMILES string of the molecule is CC(C)C(=O)[C@]1(C)CCCN1. The van der Waals surface area contributed by atoms with Crippen molar-refractivity contribution in [2.75, 3.05) is 6.54 Å². The molecule has 64 valence electrons. The predicted octanol–water partition coefficient (Wildman–Crippen LogP) is 1.35. The third-order valence-electron chi connectivity index (χ3n) is 2.44. The zero-order chi connectivity index (χ0) is 8.48. The van der Waals surface area contributed by atoms with Crippen molar-refractivity contribution in [2.24, 2.45) is 5.92 Å². The Labute approximate surface area is 68.4 Å². The van der Waals surface area contributed by atoms with Gasteiger partial charge >= 0.3 is 0 Å². The van der Waals surface area contributed by atoms with E-state index in [-0.39, 0.29) is 11.5 Å². The molecule has 1 fully saturated rings. The molecule has 1 heterocycles. The monoisotopic (exact) mass is 155 g/mol. The molecule has 0 radical (unpaired) electrons. The second kappa shape index (κ2) is 2.94. The Morgan fingerprint density at radius 2 is 2.18 bits per heavy atom. The van der Waals surface area contributed by atoms with Gasteiger partial charge in [0.15, 0.2) is 5.78 Å². The lowest BCUT2D eigenvalue weighted by Gasteiger charge is -2.24. The predicted molar refractivity (Wildman–Crippen MR) is 45.5 cm³/mol. The summed E-state index contributed by atoms with van der Waals surface area (Å²) in [4.78, 5) is 11.6. The molecule has 0 bridgehead atoms. The van der Waals surface area contributed by atoms with E-state index in [1.165, 1.54) is 0 Å². The molecule has 0 aromatic heterocycles. The highest BCUT2D eigenvalue weighted by atomic mass is 16.1. The number of nitrogens with one attached hydrogen (secondary N) is 1. The maximum absolute atomic E-state index is 11.6. The molecule has 1 rings (SSSR count). The van der Waals surface area contributed by atoms with Crippen LogP contribution in [0.15, 0.2) is 0 Å². The van der Waals surface area contributed by atoms with E-state index in [1.807, 2.05) is 20.8 Å². The number of carbonyl (C=O) groups is 1. The van der Waals surface area contributed by atoms with Crippen LogP contribution in [0, 0.1) is 5.92 Å².